The van der Waals surface area contributed by atoms with Crippen LogP contribution < -0.4 is 10.9 Å². The highest BCUT2D eigenvalue weighted by Crippen LogP contribution is 2.26. The number of anilines is 1. The van der Waals surface area contributed by atoms with Crippen LogP contribution in [0.25, 0.3) is 5.57 Å². The van der Waals surface area contributed by atoms with Crippen molar-refractivity contribution in [1.82, 2.24) is 14.5 Å². The molecule has 0 spiro atoms. The smallest absolute Gasteiger partial charge is 0.277 e. The number of carbonyl (C=O) groups excluding carboxylic acids is 2. The monoisotopic (exact) mass is 488 g/mol. The van der Waals surface area contributed by atoms with E-state index in [4.69, 9.17) is 0 Å². The van der Waals surface area contributed by atoms with Crippen LogP contribution in [0.15, 0.2) is 59.8 Å². The molecule has 0 aliphatic heterocycles. The van der Waals surface area contributed by atoms with Gasteiger partial charge in [0.1, 0.15) is 17.3 Å². The van der Waals surface area contributed by atoms with Gasteiger partial charge in [-0.15, -0.1) is 0 Å². The zero-order valence-corrected chi connectivity index (χ0v) is 20.5. The maximum atomic E-state index is 13.5. The third-order valence-electron chi connectivity index (χ3n) is 6.45. The first-order valence-electron chi connectivity index (χ1n) is 12.2. The van der Waals surface area contributed by atoms with Crippen LogP contribution >= 0.6 is 0 Å². The molecule has 1 aliphatic rings. The number of ketones is 1. The van der Waals surface area contributed by atoms with Gasteiger partial charge in [-0.1, -0.05) is 19.9 Å². The molecule has 2 aromatic heterocycles. The minimum absolute atomic E-state index is 0.118. The van der Waals surface area contributed by atoms with Crippen LogP contribution in [0.2, 0.25) is 0 Å². The minimum atomic E-state index is -0.421. The first-order chi connectivity index (χ1) is 17.4. The summed E-state index contributed by atoms with van der Waals surface area (Å²) >= 11 is 0. The Labute approximate surface area is 209 Å². The molecule has 0 fully saturated rings. The number of nitrogens with zero attached hydrogens (tertiary/aromatic N) is 3. The third-order valence-corrected chi connectivity index (χ3v) is 6.45. The molecule has 2 heterocycles. The molecular formula is C28H29FN4O3. The van der Waals surface area contributed by atoms with Crippen molar-refractivity contribution < 1.29 is 14.0 Å². The fourth-order valence-corrected chi connectivity index (χ4v) is 4.11. The Morgan fingerprint density at radius 3 is 2.58 bits per heavy atom. The number of halogens is 1. The summed E-state index contributed by atoms with van der Waals surface area (Å²) in [4.78, 5) is 47.7. The van der Waals surface area contributed by atoms with Crippen molar-refractivity contribution in [2.45, 2.75) is 52.5 Å². The van der Waals surface area contributed by atoms with Crippen LogP contribution in [0.4, 0.5) is 10.1 Å². The van der Waals surface area contributed by atoms with Crippen LogP contribution in [0.1, 0.15) is 73.3 Å². The molecule has 1 aromatic carbocycles. The fraction of sp³-hybridized carbons (Fsp3) is 0.321. The Morgan fingerprint density at radius 1 is 1.11 bits per heavy atom. The average molecular weight is 489 g/mol. The number of amides is 1. The lowest BCUT2D eigenvalue weighted by atomic mass is 9.98. The summed E-state index contributed by atoms with van der Waals surface area (Å²) < 4.78 is 14.8. The molecule has 1 atom stereocenters. The molecule has 4 rings (SSSR count). The van der Waals surface area contributed by atoms with Crippen molar-refractivity contribution in [1.29, 1.82) is 0 Å². The van der Waals surface area contributed by atoms with Gasteiger partial charge in [-0.2, -0.15) is 0 Å². The SMILES string of the molecule is CC[C@@H](C)C(=O)Nc1cnc(C2=CCCCC2)n(Cc2cncc(C(=O)c3ccc(F)cc3)c2)c1=O. The molecule has 0 saturated heterocycles. The molecule has 0 bridgehead atoms. The quantitative estimate of drug-likeness (QED) is 0.451. The van der Waals surface area contributed by atoms with Crippen LogP contribution in [0.3, 0.4) is 0 Å². The number of hydrogen-bond acceptors (Lipinski definition) is 5. The lowest BCUT2D eigenvalue weighted by Gasteiger charge is -2.19. The Bertz CT molecular complexity index is 1360. The highest BCUT2D eigenvalue weighted by Gasteiger charge is 2.19. The predicted octanol–water partition coefficient (Wildman–Crippen LogP) is 5.00. The van der Waals surface area contributed by atoms with Gasteiger partial charge in [-0.05, 0) is 73.6 Å². The normalized spacial score (nSPS) is 14.1. The van der Waals surface area contributed by atoms with Gasteiger partial charge in [0.05, 0.1) is 12.7 Å². The Kier molecular flexibility index (Phi) is 7.83. The summed E-state index contributed by atoms with van der Waals surface area (Å²) in [5, 5.41) is 2.72. The highest BCUT2D eigenvalue weighted by molar-refractivity contribution is 6.08. The second-order valence-electron chi connectivity index (χ2n) is 9.08. The van der Waals surface area contributed by atoms with Gasteiger partial charge >= 0.3 is 0 Å². The maximum absolute atomic E-state index is 13.5. The van der Waals surface area contributed by atoms with E-state index in [1.165, 1.54) is 41.2 Å². The largest absolute Gasteiger partial charge is 0.320 e. The summed E-state index contributed by atoms with van der Waals surface area (Å²) in [7, 11) is 0. The van der Waals surface area contributed by atoms with Crippen LogP contribution in [-0.2, 0) is 11.3 Å². The number of benzene rings is 1. The van der Waals surface area contributed by atoms with Gasteiger partial charge in [0.25, 0.3) is 5.56 Å². The van der Waals surface area contributed by atoms with Crippen molar-refractivity contribution >= 4 is 23.0 Å². The van der Waals surface area contributed by atoms with Crippen molar-refractivity contribution in [3.63, 3.8) is 0 Å². The van der Waals surface area contributed by atoms with Gasteiger partial charge in [0, 0.05) is 29.4 Å². The second kappa shape index (κ2) is 11.2. The lowest BCUT2D eigenvalue weighted by Crippen LogP contribution is -2.31. The molecule has 0 saturated carbocycles. The van der Waals surface area contributed by atoms with E-state index < -0.39 is 5.82 Å². The van der Waals surface area contributed by atoms with Crippen molar-refractivity contribution in [3.05, 3.63) is 93.7 Å². The molecule has 1 aliphatic carbocycles. The number of nitrogens with one attached hydrogen (secondary N) is 1. The molecule has 0 unspecified atom stereocenters. The molecule has 1 amide bonds. The van der Waals surface area contributed by atoms with Crippen LogP contribution in [-0.4, -0.2) is 26.2 Å². The molecule has 186 valence electrons. The van der Waals surface area contributed by atoms with E-state index in [1.807, 2.05) is 6.92 Å². The third kappa shape index (κ3) is 5.64. The van der Waals surface area contributed by atoms with Gasteiger partial charge in [-0.3, -0.25) is 23.9 Å². The predicted molar refractivity (Wildman–Crippen MR) is 136 cm³/mol. The van der Waals surface area contributed by atoms with Gasteiger partial charge in [0.15, 0.2) is 5.78 Å². The zero-order chi connectivity index (χ0) is 25.7. The maximum Gasteiger partial charge on any atom is 0.277 e. The number of rotatable bonds is 8. The fourth-order valence-electron chi connectivity index (χ4n) is 4.11. The molecular weight excluding hydrogens is 459 g/mol. The van der Waals surface area contributed by atoms with E-state index in [2.05, 4.69) is 21.4 Å². The standard InChI is InChI=1S/C28H29FN4O3/c1-3-18(2)27(35)32-24-16-31-26(21-7-5-4-6-8-21)33(28(24)36)17-19-13-22(15-30-14-19)25(34)20-9-11-23(29)12-10-20/h7,9-16,18H,3-6,8,17H2,1-2H3,(H,32,35)/t18-/m1/s1. The topological polar surface area (TPSA) is 93.9 Å². The van der Waals surface area contributed by atoms with E-state index in [-0.39, 0.29) is 35.4 Å². The minimum Gasteiger partial charge on any atom is -0.320 e. The van der Waals surface area contributed by atoms with E-state index in [9.17, 15) is 18.8 Å². The first-order valence-corrected chi connectivity index (χ1v) is 12.2. The molecule has 1 N–H and O–H groups in total. The van der Waals surface area contributed by atoms with Crippen molar-refractivity contribution in [2.24, 2.45) is 5.92 Å². The average Bonchev–Trinajstić information content (AvgIpc) is 2.91. The van der Waals surface area contributed by atoms with E-state index >= 15 is 0 Å². The van der Waals surface area contributed by atoms with Crippen molar-refractivity contribution in [2.75, 3.05) is 5.32 Å². The highest BCUT2D eigenvalue weighted by atomic mass is 19.1. The molecule has 0 radical (unpaired) electrons. The van der Waals surface area contributed by atoms with Crippen molar-refractivity contribution in [3.8, 4) is 0 Å². The molecule has 36 heavy (non-hydrogen) atoms. The second-order valence-corrected chi connectivity index (χ2v) is 9.08. The summed E-state index contributed by atoms with van der Waals surface area (Å²) in [6.07, 6.45) is 11.1. The molecule has 3 aromatic rings. The number of carbonyl (C=O) groups is 2. The Morgan fingerprint density at radius 2 is 1.89 bits per heavy atom. The summed E-state index contributed by atoms with van der Waals surface area (Å²) in [5.74, 6) is -0.635. The summed E-state index contributed by atoms with van der Waals surface area (Å²) in [6, 6.07) is 7.00. The molecule has 7 nitrogen and oxygen atoms in total. The van der Waals surface area contributed by atoms with E-state index in [0.29, 0.717) is 28.9 Å². The zero-order valence-electron chi connectivity index (χ0n) is 20.5. The van der Waals surface area contributed by atoms with Crippen LogP contribution in [0.5, 0.6) is 0 Å². The number of aromatic nitrogens is 3. The van der Waals surface area contributed by atoms with E-state index in [0.717, 1.165) is 31.3 Å². The van der Waals surface area contributed by atoms with Crippen LogP contribution in [0, 0.1) is 11.7 Å². The molecule has 8 heteroatoms. The Balaban J connectivity index is 1.70. The number of allylic oxidation sites excluding steroid dienone is 2. The number of pyridine rings is 1. The summed E-state index contributed by atoms with van der Waals surface area (Å²) in [5.41, 5.74) is 2.06. The first kappa shape index (κ1) is 25.2. The number of hydrogen-bond donors (Lipinski definition) is 1. The van der Waals surface area contributed by atoms with Gasteiger partial charge < -0.3 is 5.32 Å². The Hall–Kier alpha value is -3.94. The van der Waals surface area contributed by atoms with Gasteiger partial charge in [-0.25, -0.2) is 9.37 Å². The van der Waals surface area contributed by atoms with Gasteiger partial charge in [0.2, 0.25) is 5.91 Å². The summed E-state index contributed by atoms with van der Waals surface area (Å²) in [6.45, 7) is 3.84. The van der Waals surface area contributed by atoms with E-state index in [1.54, 1.807) is 19.2 Å². The lowest BCUT2D eigenvalue weighted by molar-refractivity contribution is -0.119.